The number of aromatic amines is 1. The van der Waals surface area contributed by atoms with Crippen LogP contribution in [0, 0.1) is 5.92 Å². The molecule has 3 aromatic rings. The number of benzene rings is 2. The van der Waals surface area contributed by atoms with Gasteiger partial charge in [0.1, 0.15) is 5.69 Å². The SMILES string of the molecule is CCOC(=O)c1[nH]c2cc(Cl)cc(Cl)c2c1C1c2ccccc2CCC1C(=O)OC. The van der Waals surface area contributed by atoms with Crippen LogP contribution in [-0.4, -0.2) is 30.6 Å². The molecule has 30 heavy (non-hydrogen) atoms. The van der Waals surface area contributed by atoms with Gasteiger partial charge in [0.15, 0.2) is 0 Å². The van der Waals surface area contributed by atoms with E-state index in [1.165, 1.54) is 7.11 Å². The van der Waals surface area contributed by atoms with Crippen molar-refractivity contribution in [2.24, 2.45) is 5.92 Å². The molecule has 2 atom stereocenters. The second kappa shape index (κ2) is 8.32. The normalized spacial score (nSPS) is 18.1. The number of fused-ring (bicyclic) bond motifs is 2. The van der Waals surface area contributed by atoms with Gasteiger partial charge in [-0.3, -0.25) is 4.79 Å². The van der Waals surface area contributed by atoms with E-state index in [1.807, 2.05) is 24.3 Å². The van der Waals surface area contributed by atoms with Gasteiger partial charge in [-0.25, -0.2) is 4.79 Å². The van der Waals surface area contributed by atoms with Gasteiger partial charge in [-0.1, -0.05) is 47.5 Å². The number of hydrogen-bond acceptors (Lipinski definition) is 4. The molecule has 1 N–H and O–H groups in total. The molecule has 1 aromatic heterocycles. The summed E-state index contributed by atoms with van der Waals surface area (Å²) < 4.78 is 10.4. The number of aryl methyl sites for hydroxylation is 1. The van der Waals surface area contributed by atoms with Crippen molar-refractivity contribution in [2.45, 2.75) is 25.7 Å². The highest BCUT2D eigenvalue weighted by atomic mass is 35.5. The van der Waals surface area contributed by atoms with Gasteiger partial charge in [0.2, 0.25) is 0 Å². The van der Waals surface area contributed by atoms with E-state index in [4.69, 9.17) is 32.7 Å². The van der Waals surface area contributed by atoms with Crippen molar-refractivity contribution >= 4 is 46.0 Å². The topological polar surface area (TPSA) is 68.4 Å². The summed E-state index contributed by atoms with van der Waals surface area (Å²) >= 11 is 12.8. The zero-order valence-electron chi connectivity index (χ0n) is 16.6. The number of halogens is 2. The lowest BCUT2D eigenvalue weighted by Crippen LogP contribution is -2.30. The summed E-state index contributed by atoms with van der Waals surface area (Å²) in [7, 11) is 1.38. The lowest BCUT2D eigenvalue weighted by molar-refractivity contribution is -0.146. The first-order valence-corrected chi connectivity index (χ1v) is 10.5. The van der Waals surface area contributed by atoms with Crippen LogP contribution in [0.2, 0.25) is 10.0 Å². The highest BCUT2D eigenvalue weighted by molar-refractivity contribution is 6.39. The Morgan fingerprint density at radius 2 is 1.97 bits per heavy atom. The molecule has 7 heteroatoms. The van der Waals surface area contributed by atoms with Crippen LogP contribution in [0.4, 0.5) is 0 Å². The third-order valence-electron chi connectivity index (χ3n) is 5.67. The molecule has 1 aliphatic rings. The van der Waals surface area contributed by atoms with Crippen molar-refractivity contribution in [3.8, 4) is 0 Å². The van der Waals surface area contributed by atoms with Crippen LogP contribution >= 0.6 is 23.2 Å². The second-order valence-electron chi connectivity index (χ2n) is 7.29. The van der Waals surface area contributed by atoms with E-state index in [1.54, 1.807) is 19.1 Å². The van der Waals surface area contributed by atoms with Crippen molar-refractivity contribution in [3.05, 3.63) is 68.8 Å². The zero-order chi connectivity index (χ0) is 21.4. The number of methoxy groups -OCH3 is 1. The maximum absolute atomic E-state index is 12.9. The van der Waals surface area contributed by atoms with Crippen LogP contribution in [-0.2, 0) is 20.7 Å². The Bertz CT molecular complexity index is 1140. The predicted molar refractivity (Wildman–Crippen MR) is 116 cm³/mol. The van der Waals surface area contributed by atoms with Crippen molar-refractivity contribution in [1.29, 1.82) is 0 Å². The lowest BCUT2D eigenvalue weighted by Gasteiger charge is -2.32. The van der Waals surface area contributed by atoms with Gasteiger partial charge in [-0.2, -0.15) is 0 Å². The number of H-pyrrole nitrogens is 1. The Balaban J connectivity index is 2.05. The first-order chi connectivity index (χ1) is 14.5. The molecule has 0 spiro atoms. The van der Waals surface area contributed by atoms with E-state index < -0.39 is 17.8 Å². The summed E-state index contributed by atoms with van der Waals surface area (Å²) in [6, 6.07) is 11.3. The number of ether oxygens (including phenoxy) is 2. The first kappa shape index (κ1) is 20.8. The molecule has 0 radical (unpaired) electrons. The molecular formula is C23H21Cl2NO4. The number of nitrogens with one attached hydrogen (secondary N) is 1. The molecule has 0 fully saturated rings. The minimum atomic E-state index is -0.498. The number of rotatable bonds is 4. The van der Waals surface area contributed by atoms with Crippen LogP contribution in [0.3, 0.4) is 0 Å². The number of aromatic nitrogens is 1. The minimum absolute atomic E-state index is 0.226. The molecule has 5 nitrogen and oxygen atoms in total. The largest absolute Gasteiger partial charge is 0.469 e. The van der Waals surface area contributed by atoms with Crippen LogP contribution in [0.25, 0.3) is 10.9 Å². The van der Waals surface area contributed by atoms with Gasteiger partial charge in [0.05, 0.1) is 24.7 Å². The average Bonchev–Trinajstić information content (AvgIpc) is 3.11. The Morgan fingerprint density at radius 3 is 2.70 bits per heavy atom. The zero-order valence-corrected chi connectivity index (χ0v) is 18.1. The third kappa shape index (κ3) is 3.46. The van der Waals surface area contributed by atoms with E-state index in [-0.39, 0.29) is 18.3 Å². The van der Waals surface area contributed by atoms with E-state index in [2.05, 4.69) is 4.98 Å². The van der Waals surface area contributed by atoms with Gasteiger partial charge in [0.25, 0.3) is 0 Å². The molecule has 2 aromatic carbocycles. The van der Waals surface area contributed by atoms with Gasteiger partial charge in [0, 0.05) is 27.4 Å². The third-order valence-corrected chi connectivity index (χ3v) is 6.18. The Morgan fingerprint density at radius 1 is 1.20 bits per heavy atom. The summed E-state index contributed by atoms with van der Waals surface area (Å²) in [4.78, 5) is 28.8. The number of esters is 2. The molecule has 0 amide bonds. The summed E-state index contributed by atoms with van der Waals surface area (Å²) in [6.07, 6.45) is 1.36. The monoisotopic (exact) mass is 445 g/mol. The quantitative estimate of drug-likeness (QED) is 0.536. The van der Waals surface area contributed by atoms with Crippen molar-refractivity contribution < 1.29 is 19.1 Å². The molecule has 0 saturated heterocycles. The highest BCUT2D eigenvalue weighted by Crippen LogP contribution is 2.47. The van der Waals surface area contributed by atoms with E-state index in [0.29, 0.717) is 32.9 Å². The fourth-order valence-electron chi connectivity index (χ4n) is 4.47. The predicted octanol–water partition coefficient (Wildman–Crippen LogP) is 5.52. The molecule has 0 saturated carbocycles. The van der Waals surface area contributed by atoms with E-state index in [9.17, 15) is 9.59 Å². The lowest BCUT2D eigenvalue weighted by atomic mass is 9.71. The summed E-state index contributed by atoms with van der Waals surface area (Å²) in [5.74, 6) is -1.68. The van der Waals surface area contributed by atoms with Gasteiger partial charge in [-0.05, 0) is 43.0 Å². The standard InChI is InChI=1S/C23H21Cl2NO4/c1-3-30-23(28)21-20(19-16(25)10-13(24)11-17(19)26-21)18-14-7-5-4-6-12(14)8-9-15(18)22(27)29-2/h4-7,10-11,15,18,26H,3,8-9H2,1-2H3. The maximum atomic E-state index is 12.9. The summed E-state index contributed by atoms with van der Waals surface area (Å²) in [5, 5.41) is 1.52. The molecule has 4 rings (SSSR count). The molecule has 1 heterocycles. The van der Waals surface area contributed by atoms with E-state index in [0.717, 1.165) is 17.5 Å². The Kier molecular flexibility index (Phi) is 5.76. The van der Waals surface area contributed by atoms with Gasteiger partial charge < -0.3 is 14.5 Å². The summed E-state index contributed by atoms with van der Waals surface area (Å²) in [6.45, 7) is 1.97. The first-order valence-electron chi connectivity index (χ1n) is 9.79. The van der Waals surface area contributed by atoms with Crippen LogP contribution in [0.5, 0.6) is 0 Å². The molecular weight excluding hydrogens is 425 g/mol. The highest BCUT2D eigenvalue weighted by Gasteiger charge is 2.40. The number of carbonyl (C=O) groups is 2. The number of carbonyl (C=O) groups excluding carboxylic acids is 2. The fraction of sp³-hybridized carbons (Fsp3) is 0.304. The summed E-state index contributed by atoms with van der Waals surface area (Å²) in [5.41, 5.74) is 3.67. The van der Waals surface area contributed by atoms with Crippen LogP contribution in [0.1, 0.15) is 46.4 Å². The van der Waals surface area contributed by atoms with Gasteiger partial charge in [-0.15, -0.1) is 0 Å². The van der Waals surface area contributed by atoms with Gasteiger partial charge >= 0.3 is 11.9 Å². The Hall–Kier alpha value is -2.50. The second-order valence-corrected chi connectivity index (χ2v) is 8.13. The maximum Gasteiger partial charge on any atom is 0.355 e. The Labute approximate surface area is 184 Å². The number of hydrogen-bond donors (Lipinski definition) is 1. The molecule has 0 bridgehead atoms. The molecule has 1 aliphatic carbocycles. The smallest absolute Gasteiger partial charge is 0.355 e. The minimum Gasteiger partial charge on any atom is -0.469 e. The molecule has 0 aliphatic heterocycles. The van der Waals surface area contributed by atoms with Crippen LogP contribution < -0.4 is 0 Å². The fourth-order valence-corrected chi connectivity index (χ4v) is 5.07. The molecule has 2 unspecified atom stereocenters. The average molecular weight is 446 g/mol. The van der Waals surface area contributed by atoms with E-state index >= 15 is 0 Å². The van der Waals surface area contributed by atoms with Crippen molar-refractivity contribution in [2.75, 3.05) is 13.7 Å². The van der Waals surface area contributed by atoms with Crippen molar-refractivity contribution in [3.63, 3.8) is 0 Å². The van der Waals surface area contributed by atoms with Crippen LogP contribution in [0.15, 0.2) is 36.4 Å². The van der Waals surface area contributed by atoms with Crippen molar-refractivity contribution in [1.82, 2.24) is 4.98 Å². The molecule has 156 valence electrons.